The van der Waals surface area contributed by atoms with Crippen LogP contribution in [-0.4, -0.2) is 17.7 Å². The minimum Gasteiger partial charge on any atom is -0.412 e. The number of benzene rings is 1. The molecule has 0 saturated heterocycles. The first-order valence-corrected chi connectivity index (χ1v) is 3.35. The van der Waals surface area contributed by atoms with Gasteiger partial charge in [0.1, 0.15) is 0 Å². The van der Waals surface area contributed by atoms with Crippen molar-refractivity contribution < 1.29 is 11.0 Å². The van der Waals surface area contributed by atoms with E-state index in [1.807, 2.05) is 6.07 Å². The lowest BCUT2D eigenvalue weighted by Gasteiger charge is -1.98. The standard InChI is InChI=1S/C8H11B.2H2O/c1-9(2)8-6-4-3-5-7-8;;/h3-7H,1-2H3;2*1H2. The summed E-state index contributed by atoms with van der Waals surface area (Å²) in [6.45, 7) is 5.07. The third-order valence-corrected chi connectivity index (χ3v) is 1.47. The molecule has 0 fully saturated rings. The molecule has 0 amide bonds. The van der Waals surface area contributed by atoms with Crippen LogP contribution in [0.5, 0.6) is 0 Å². The molecular formula is C8H15BO2. The summed E-state index contributed by atoms with van der Waals surface area (Å²) in [6, 6.07) is 10.5. The molecule has 0 aliphatic rings. The normalized spacial score (nSPS) is 7.45. The molecule has 0 heterocycles. The lowest BCUT2D eigenvalue weighted by Crippen LogP contribution is -2.21. The molecule has 0 aromatic heterocycles. The van der Waals surface area contributed by atoms with Crippen LogP contribution in [0.25, 0.3) is 0 Å². The van der Waals surface area contributed by atoms with Crippen LogP contribution >= 0.6 is 0 Å². The summed E-state index contributed by atoms with van der Waals surface area (Å²) >= 11 is 0. The Labute approximate surface area is 67.9 Å². The smallest absolute Gasteiger partial charge is 0.169 e. The Morgan fingerprint density at radius 1 is 0.909 bits per heavy atom. The van der Waals surface area contributed by atoms with Crippen molar-refractivity contribution in [1.82, 2.24) is 0 Å². The van der Waals surface area contributed by atoms with Gasteiger partial charge in [0.05, 0.1) is 0 Å². The highest BCUT2D eigenvalue weighted by molar-refractivity contribution is 6.70. The summed E-state index contributed by atoms with van der Waals surface area (Å²) in [5.74, 6) is 0. The van der Waals surface area contributed by atoms with Gasteiger partial charge < -0.3 is 11.0 Å². The van der Waals surface area contributed by atoms with Gasteiger partial charge in [-0.1, -0.05) is 49.4 Å². The maximum Gasteiger partial charge on any atom is 0.169 e. The predicted octanol–water partition coefficient (Wildman–Crippen LogP) is -0.00140. The highest BCUT2D eigenvalue weighted by Gasteiger charge is 1.98. The molecule has 3 heteroatoms. The molecule has 0 saturated carbocycles. The molecule has 0 spiro atoms. The van der Waals surface area contributed by atoms with Gasteiger partial charge in [0.2, 0.25) is 0 Å². The van der Waals surface area contributed by atoms with E-state index in [0.717, 1.165) is 0 Å². The van der Waals surface area contributed by atoms with Crippen LogP contribution in [0.3, 0.4) is 0 Å². The van der Waals surface area contributed by atoms with Crippen molar-refractivity contribution >= 4 is 12.2 Å². The van der Waals surface area contributed by atoms with Gasteiger partial charge >= 0.3 is 0 Å². The van der Waals surface area contributed by atoms with E-state index >= 15 is 0 Å². The fourth-order valence-electron chi connectivity index (χ4n) is 0.838. The molecule has 2 nitrogen and oxygen atoms in total. The van der Waals surface area contributed by atoms with E-state index in [1.165, 1.54) is 5.46 Å². The summed E-state index contributed by atoms with van der Waals surface area (Å²) in [7, 11) is 0. The number of hydrogen-bond acceptors (Lipinski definition) is 0. The van der Waals surface area contributed by atoms with Crippen molar-refractivity contribution in [3.05, 3.63) is 30.3 Å². The van der Waals surface area contributed by atoms with E-state index in [2.05, 4.69) is 37.9 Å². The van der Waals surface area contributed by atoms with Crippen molar-refractivity contribution in [3.8, 4) is 0 Å². The van der Waals surface area contributed by atoms with Crippen molar-refractivity contribution in [1.29, 1.82) is 0 Å². The molecule has 11 heavy (non-hydrogen) atoms. The van der Waals surface area contributed by atoms with Gasteiger partial charge in [0.15, 0.2) is 6.71 Å². The van der Waals surface area contributed by atoms with Crippen LogP contribution in [0.4, 0.5) is 0 Å². The van der Waals surface area contributed by atoms with Crippen molar-refractivity contribution in [2.24, 2.45) is 0 Å². The molecule has 0 aliphatic heterocycles. The van der Waals surface area contributed by atoms with Crippen LogP contribution in [0.15, 0.2) is 30.3 Å². The first kappa shape index (κ1) is 12.8. The molecule has 0 radical (unpaired) electrons. The van der Waals surface area contributed by atoms with Gasteiger partial charge in [-0.2, -0.15) is 0 Å². The second kappa shape index (κ2) is 5.95. The molecule has 0 aliphatic carbocycles. The zero-order valence-electron chi connectivity index (χ0n) is 6.96. The van der Waals surface area contributed by atoms with Gasteiger partial charge in [-0.15, -0.1) is 0 Å². The maximum absolute atomic E-state index is 2.20. The summed E-state index contributed by atoms with van der Waals surface area (Å²) in [6.07, 6.45) is 0. The highest BCUT2D eigenvalue weighted by atomic mass is 16.0. The van der Waals surface area contributed by atoms with Gasteiger partial charge in [0.25, 0.3) is 0 Å². The molecule has 0 atom stereocenters. The minimum atomic E-state index is 0. The van der Waals surface area contributed by atoms with E-state index in [9.17, 15) is 0 Å². The summed E-state index contributed by atoms with van der Waals surface area (Å²) in [5, 5.41) is 0. The van der Waals surface area contributed by atoms with Gasteiger partial charge in [-0.05, 0) is 0 Å². The highest BCUT2D eigenvalue weighted by Crippen LogP contribution is 1.85. The van der Waals surface area contributed by atoms with Gasteiger partial charge in [-0.3, -0.25) is 0 Å². The Morgan fingerprint density at radius 3 is 1.64 bits per heavy atom. The fourth-order valence-corrected chi connectivity index (χ4v) is 0.838. The van der Waals surface area contributed by atoms with Crippen molar-refractivity contribution in [2.75, 3.05) is 0 Å². The van der Waals surface area contributed by atoms with Crippen LogP contribution in [0.2, 0.25) is 13.6 Å². The van der Waals surface area contributed by atoms with E-state index in [1.54, 1.807) is 0 Å². The second-order valence-electron chi connectivity index (χ2n) is 2.57. The molecule has 0 bridgehead atoms. The molecule has 1 aromatic rings. The zero-order valence-corrected chi connectivity index (χ0v) is 6.96. The third-order valence-electron chi connectivity index (χ3n) is 1.47. The Bertz CT molecular complexity index is 175. The number of rotatable bonds is 1. The summed E-state index contributed by atoms with van der Waals surface area (Å²) in [5.41, 5.74) is 1.41. The third kappa shape index (κ3) is 3.81. The van der Waals surface area contributed by atoms with E-state index in [4.69, 9.17) is 0 Å². The van der Waals surface area contributed by atoms with Crippen molar-refractivity contribution in [2.45, 2.75) is 13.6 Å². The Hall–Kier alpha value is -0.795. The largest absolute Gasteiger partial charge is 0.412 e. The molecular weight excluding hydrogens is 139 g/mol. The average molecular weight is 154 g/mol. The quantitative estimate of drug-likeness (QED) is 0.511. The minimum absolute atomic E-state index is 0. The Kier molecular flexibility index (Phi) is 6.95. The van der Waals surface area contributed by atoms with Gasteiger partial charge in [0, 0.05) is 0 Å². The second-order valence-corrected chi connectivity index (χ2v) is 2.57. The van der Waals surface area contributed by atoms with Crippen LogP contribution in [-0.2, 0) is 0 Å². The molecule has 0 unspecified atom stereocenters. The molecule has 4 N–H and O–H groups in total. The first-order chi connectivity index (χ1) is 4.30. The maximum atomic E-state index is 2.20. The fraction of sp³-hybridized carbons (Fsp3) is 0.250. The van der Waals surface area contributed by atoms with Crippen LogP contribution in [0.1, 0.15) is 0 Å². The van der Waals surface area contributed by atoms with E-state index in [-0.39, 0.29) is 11.0 Å². The molecule has 1 rings (SSSR count). The predicted molar refractivity (Wildman–Crippen MR) is 50.8 cm³/mol. The van der Waals surface area contributed by atoms with Gasteiger partial charge in [-0.25, -0.2) is 0 Å². The lowest BCUT2D eigenvalue weighted by molar-refractivity contribution is 0.823. The summed E-state index contributed by atoms with van der Waals surface area (Å²) in [4.78, 5) is 0. The zero-order chi connectivity index (χ0) is 6.69. The SMILES string of the molecule is CB(C)c1ccccc1.O.O. The van der Waals surface area contributed by atoms with Crippen molar-refractivity contribution in [3.63, 3.8) is 0 Å². The molecule has 62 valence electrons. The number of hydrogen-bond donors (Lipinski definition) is 0. The average Bonchev–Trinajstić information content (AvgIpc) is 1.90. The van der Waals surface area contributed by atoms with Crippen LogP contribution in [0, 0.1) is 0 Å². The monoisotopic (exact) mass is 154 g/mol. The van der Waals surface area contributed by atoms with Crippen LogP contribution < -0.4 is 5.46 Å². The Morgan fingerprint density at radius 2 is 1.36 bits per heavy atom. The summed E-state index contributed by atoms with van der Waals surface area (Å²) < 4.78 is 0. The van der Waals surface area contributed by atoms with E-state index in [0.29, 0.717) is 6.71 Å². The first-order valence-electron chi connectivity index (χ1n) is 3.35. The Balaban J connectivity index is 0. The lowest BCUT2D eigenvalue weighted by atomic mass is 9.49. The van der Waals surface area contributed by atoms with E-state index < -0.39 is 0 Å². The topological polar surface area (TPSA) is 63.0 Å². The molecule has 1 aromatic carbocycles.